The molecule has 182 valence electrons. The lowest BCUT2D eigenvalue weighted by Gasteiger charge is -2.31. The first-order valence-electron chi connectivity index (χ1n) is 10.8. The van der Waals surface area contributed by atoms with Crippen molar-refractivity contribution < 1.29 is 27.8 Å². The maximum atomic E-state index is 12.4. The van der Waals surface area contributed by atoms with E-state index in [4.69, 9.17) is 4.74 Å². The Morgan fingerprint density at radius 2 is 2.15 bits per heavy atom. The van der Waals surface area contributed by atoms with Gasteiger partial charge in [0.2, 0.25) is 5.95 Å². The number of alkyl halides is 3. The number of ether oxygens (including phenoxy) is 1. The maximum Gasteiger partial charge on any atom is 0.411 e. The van der Waals surface area contributed by atoms with Crippen LogP contribution < -0.4 is 10.2 Å². The van der Waals surface area contributed by atoms with E-state index >= 15 is 0 Å². The maximum absolute atomic E-state index is 12.4. The number of fused-ring (bicyclic) bond motifs is 1. The van der Waals surface area contributed by atoms with Crippen LogP contribution in [0.3, 0.4) is 0 Å². The molecule has 0 unspecified atom stereocenters. The number of carbonyl (C=O) groups is 1. The van der Waals surface area contributed by atoms with Gasteiger partial charge in [-0.25, -0.2) is 9.97 Å². The van der Waals surface area contributed by atoms with Crippen LogP contribution in [-0.4, -0.2) is 68.3 Å². The summed E-state index contributed by atoms with van der Waals surface area (Å²) in [5, 5.41) is 17.0. The van der Waals surface area contributed by atoms with Gasteiger partial charge in [-0.15, -0.1) is 0 Å². The van der Waals surface area contributed by atoms with Gasteiger partial charge in [-0.1, -0.05) is 6.07 Å². The van der Waals surface area contributed by atoms with E-state index in [0.29, 0.717) is 53.7 Å². The molecule has 13 heteroatoms. The first-order chi connectivity index (χ1) is 16.2. The number of nitrogens with one attached hydrogen (secondary N) is 1. The summed E-state index contributed by atoms with van der Waals surface area (Å²) in [5.74, 6) is -0.148. The number of halogens is 3. The largest absolute Gasteiger partial charge is 0.481 e. The highest BCUT2D eigenvalue weighted by atomic mass is 19.4. The number of hydrogen-bond donors (Lipinski definition) is 2. The Hall–Kier alpha value is -3.48. The van der Waals surface area contributed by atoms with E-state index in [9.17, 15) is 23.1 Å². The van der Waals surface area contributed by atoms with E-state index in [-0.39, 0.29) is 19.7 Å². The molecule has 0 aromatic carbocycles. The standard InChI is InChI=1S/C21H24F3N7O3/c1-13-16-17(31(29-13)9-10-34-12-21(22,23)24)18(26-15-6-2-3-7-25-15)28-20(27-16)30-8-4-5-14(11-30)19(32)33/h2-3,6-7,14H,4-5,8-12H2,1H3,(H,32,33)(H,25,26,27,28)/t14-/m1/s1. The van der Waals surface area contributed by atoms with Crippen molar-refractivity contribution in [2.45, 2.75) is 32.5 Å². The van der Waals surface area contributed by atoms with Gasteiger partial charge in [0.05, 0.1) is 24.8 Å². The average Bonchev–Trinajstić information content (AvgIpc) is 3.12. The van der Waals surface area contributed by atoms with Gasteiger partial charge in [-0.05, 0) is 31.9 Å². The van der Waals surface area contributed by atoms with E-state index in [1.165, 1.54) is 4.68 Å². The third-order valence-electron chi connectivity index (χ3n) is 5.42. The molecule has 1 aliphatic heterocycles. The van der Waals surface area contributed by atoms with Crippen molar-refractivity contribution in [1.29, 1.82) is 0 Å². The number of aromatic nitrogens is 5. The van der Waals surface area contributed by atoms with Crippen LogP contribution in [-0.2, 0) is 16.1 Å². The van der Waals surface area contributed by atoms with Gasteiger partial charge in [0.25, 0.3) is 0 Å². The molecule has 1 aliphatic rings. The highest BCUT2D eigenvalue weighted by molar-refractivity contribution is 5.90. The number of anilines is 3. The zero-order valence-corrected chi connectivity index (χ0v) is 18.4. The van der Waals surface area contributed by atoms with Crippen LogP contribution in [0, 0.1) is 12.8 Å². The number of aryl methyl sites for hydroxylation is 1. The molecule has 4 rings (SSSR count). The fraction of sp³-hybridized carbons (Fsp3) is 0.476. The molecule has 4 heterocycles. The molecule has 3 aromatic heterocycles. The molecular weight excluding hydrogens is 455 g/mol. The first-order valence-corrected chi connectivity index (χ1v) is 10.8. The van der Waals surface area contributed by atoms with E-state index in [2.05, 4.69) is 25.4 Å². The van der Waals surface area contributed by atoms with E-state index in [1.807, 2.05) is 4.90 Å². The van der Waals surface area contributed by atoms with Crippen molar-refractivity contribution >= 4 is 34.6 Å². The van der Waals surface area contributed by atoms with E-state index in [0.717, 1.165) is 0 Å². The number of rotatable bonds is 8. The molecule has 1 saturated heterocycles. The lowest BCUT2D eigenvalue weighted by Crippen LogP contribution is -2.39. The number of aliphatic carboxylic acids is 1. The summed E-state index contributed by atoms with van der Waals surface area (Å²) < 4.78 is 43.5. The minimum absolute atomic E-state index is 0.0603. The topological polar surface area (TPSA) is 118 Å². The Bertz CT molecular complexity index is 1150. The molecule has 0 amide bonds. The number of piperidine rings is 1. The third kappa shape index (κ3) is 5.53. The molecule has 0 radical (unpaired) electrons. The summed E-state index contributed by atoms with van der Waals surface area (Å²) in [7, 11) is 0. The van der Waals surface area contributed by atoms with Crippen LogP contribution in [0.1, 0.15) is 18.5 Å². The van der Waals surface area contributed by atoms with Crippen LogP contribution >= 0.6 is 0 Å². The number of pyridine rings is 1. The van der Waals surface area contributed by atoms with Crippen LogP contribution in [0.15, 0.2) is 24.4 Å². The summed E-state index contributed by atoms with van der Waals surface area (Å²) in [6.07, 6.45) is -1.52. The summed E-state index contributed by atoms with van der Waals surface area (Å²) in [6, 6.07) is 5.30. The summed E-state index contributed by atoms with van der Waals surface area (Å²) in [4.78, 5) is 26.9. The predicted octanol–water partition coefficient (Wildman–Crippen LogP) is 3.15. The molecule has 10 nitrogen and oxygen atoms in total. The number of carboxylic acids is 1. The van der Waals surface area contributed by atoms with Gasteiger partial charge in [-0.3, -0.25) is 9.48 Å². The highest BCUT2D eigenvalue weighted by Crippen LogP contribution is 2.30. The Morgan fingerprint density at radius 1 is 1.32 bits per heavy atom. The molecular formula is C21H24F3N7O3. The lowest BCUT2D eigenvalue weighted by atomic mass is 9.99. The van der Waals surface area contributed by atoms with Crippen molar-refractivity contribution in [2.75, 3.05) is 36.5 Å². The molecule has 0 spiro atoms. The Kier molecular flexibility index (Phi) is 6.82. The SMILES string of the molecule is Cc1nn(CCOCC(F)(F)F)c2c(Nc3ccccn3)nc(N3CCC[C@@H](C(=O)O)C3)nc12. The molecule has 2 N–H and O–H groups in total. The normalized spacial score (nSPS) is 16.7. The van der Waals surface area contributed by atoms with Gasteiger partial charge in [0, 0.05) is 19.3 Å². The van der Waals surface area contributed by atoms with Gasteiger partial charge in [0.15, 0.2) is 5.82 Å². The number of hydrogen-bond acceptors (Lipinski definition) is 8. The third-order valence-corrected chi connectivity index (χ3v) is 5.42. The zero-order chi connectivity index (χ0) is 24.3. The monoisotopic (exact) mass is 479 g/mol. The van der Waals surface area contributed by atoms with Crippen LogP contribution in [0.4, 0.5) is 30.8 Å². The fourth-order valence-electron chi connectivity index (χ4n) is 3.87. The van der Waals surface area contributed by atoms with Crippen LogP contribution in [0.5, 0.6) is 0 Å². The minimum Gasteiger partial charge on any atom is -0.481 e. The van der Waals surface area contributed by atoms with Gasteiger partial charge < -0.3 is 20.1 Å². The van der Waals surface area contributed by atoms with Crippen LogP contribution in [0.2, 0.25) is 0 Å². The van der Waals surface area contributed by atoms with Crippen LogP contribution in [0.25, 0.3) is 11.0 Å². The average molecular weight is 479 g/mol. The quantitative estimate of drug-likeness (QED) is 0.470. The smallest absolute Gasteiger partial charge is 0.411 e. The molecule has 0 aliphatic carbocycles. The summed E-state index contributed by atoms with van der Waals surface area (Å²) in [6.45, 7) is 1.15. The molecule has 3 aromatic rings. The number of carboxylic acid groups (broad SMARTS) is 1. The fourth-order valence-corrected chi connectivity index (χ4v) is 3.87. The molecule has 0 bridgehead atoms. The second-order valence-electron chi connectivity index (χ2n) is 8.01. The minimum atomic E-state index is -4.41. The summed E-state index contributed by atoms with van der Waals surface area (Å²) >= 11 is 0. The molecule has 34 heavy (non-hydrogen) atoms. The second kappa shape index (κ2) is 9.79. The Labute approximate surface area is 192 Å². The van der Waals surface area contributed by atoms with Gasteiger partial charge in [0.1, 0.15) is 23.5 Å². The molecule has 1 atom stereocenters. The zero-order valence-electron chi connectivity index (χ0n) is 18.4. The molecule has 0 saturated carbocycles. The highest BCUT2D eigenvalue weighted by Gasteiger charge is 2.29. The van der Waals surface area contributed by atoms with E-state index in [1.54, 1.807) is 31.3 Å². The van der Waals surface area contributed by atoms with E-state index < -0.39 is 24.7 Å². The lowest BCUT2D eigenvalue weighted by molar-refractivity contribution is -0.174. The van der Waals surface area contributed by atoms with Crippen molar-refractivity contribution in [3.8, 4) is 0 Å². The second-order valence-corrected chi connectivity index (χ2v) is 8.01. The Morgan fingerprint density at radius 3 is 2.85 bits per heavy atom. The van der Waals surface area contributed by atoms with Gasteiger partial charge >= 0.3 is 12.1 Å². The first kappa shape index (κ1) is 23.7. The van der Waals surface area contributed by atoms with Crippen molar-refractivity contribution in [1.82, 2.24) is 24.7 Å². The van der Waals surface area contributed by atoms with Crippen molar-refractivity contribution in [3.05, 3.63) is 30.1 Å². The predicted molar refractivity (Wildman–Crippen MR) is 117 cm³/mol. The van der Waals surface area contributed by atoms with Crippen molar-refractivity contribution in [3.63, 3.8) is 0 Å². The Balaban J connectivity index is 1.69. The molecule has 1 fully saturated rings. The summed E-state index contributed by atoms with van der Waals surface area (Å²) in [5.41, 5.74) is 1.57. The van der Waals surface area contributed by atoms with Gasteiger partial charge in [-0.2, -0.15) is 23.3 Å². The number of nitrogens with zero attached hydrogens (tertiary/aromatic N) is 6. The van der Waals surface area contributed by atoms with Crippen molar-refractivity contribution in [2.24, 2.45) is 5.92 Å².